The van der Waals surface area contributed by atoms with Gasteiger partial charge < -0.3 is 11.1 Å². The van der Waals surface area contributed by atoms with Crippen LogP contribution >= 0.6 is 27.7 Å². The van der Waals surface area contributed by atoms with E-state index in [0.29, 0.717) is 11.5 Å². The van der Waals surface area contributed by atoms with Crippen molar-refractivity contribution in [3.05, 3.63) is 53.0 Å². The molecule has 3 aromatic rings. The van der Waals surface area contributed by atoms with Crippen molar-refractivity contribution in [2.24, 2.45) is 5.73 Å². The van der Waals surface area contributed by atoms with Gasteiger partial charge in [-0.15, -0.1) is 22.0 Å². The van der Waals surface area contributed by atoms with Crippen molar-refractivity contribution >= 4 is 45.2 Å². The fourth-order valence-electron chi connectivity index (χ4n) is 2.19. The van der Waals surface area contributed by atoms with Gasteiger partial charge in [0.05, 0.1) is 11.4 Å². The number of nitrogens with two attached hydrogens (primary N) is 1. The third-order valence-corrected chi connectivity index (χ3v) is 5.00. The second-order valence-electron chi connectivity index (χ2n) is 5.45. The lowest BCUT2D eigenvalue weighted by Crippen LogP contribution is -2.21. The molecule has 1 heterocycles. The number of halogens is 1. The van der Waals surface area contributed by atoms with Gasteiger partial charge in [-0.05, 0) is 41.6 Å². The standard InChI is InChI=1S/C17H15BrN6O2S/c18-12-7-5-11(6-8-12)17-21-23-24(22-17)9-16(26)20-13-3-1-2-4-14(13)27-10-15(19)25/h1-8H,9-10H2,(H2,19,25)(H,20,26). The topological polar surface area (TPSA) is 116 Å². The van der Waals surface area contributed by atoms with Crippen LogP contribution in [0.25, 0.3) is 11.4 Å². The minimum absolute atomic E-state index is 0.0850. The summed E-state index contributed by atoms with van der Waals surface area (Å²) < 4.78 is 0.950. The average molecular weight is 447 g/mol. The van der Waals surface area contributed by atoms with Crippen LogP contribution in [0, 0.1) is 0 Å². The molecule has 0 saturated carbocycles. The number of aromatic nitrogens is 4. The van der Waals surface area contributed by atoms with Gasteiger partial charge in [0.2, 0.25) is 17.6 Å². The van der Waals surface area contributed by atoms with E-state index in [1.165, 1.54) is 16.6 Å². The Morgan fingerprint density at radius 2 is 1.89 bits per heavy atom. The molecule has 0 aliphatic carbocycles. The molecule has 3 N–H and O–H groups in total. The highest BCUT2D eigenvalue weighted by Gasteiger charge is 2.12. The molecule has 0 saturated heterocycles. The van der Waals surface area contributed by atoms with Crippen molar-refractivity contribution < 1.29 is 9.59 Å². The molecule has 3 rings (SSSR count). The van der Waals surface area contributed by atoms with Crippen LogP contribution in [0.1, 0.15) is 0 Å². The van der Waals surface area contributed by atoms with E-state index in [1.807, 2.05) is 36.4 Å². The number of rotatable bonds is 7. The second-order valence-corrected chi connectivity index (χ2v) is 7.38. The molecule has 0 atom stereocenters. The number of tetrazole rings is 1. The number of primary amides is 1. The average Bonchev–Trinajstić information content (AvgIpc) is 3.09. The number of carbonyl (C=O) groups is 2. The van der Waals surface area contributed by atoms with E-state index < -0.39 is 5.91 Å². The first kappa shape index (κ1) is 19.1. The second kappa shape index (κ2) is 8.78. The van der Waals surface area contributed by atoms with Gasteiger partial charge in [0, 0.05) is 14.9 Å². The van der Waals surface area contributed by atoms with Gasteiger partial charge in [0.25, 0.3) is 0 Å². The lowest BCUT2D eigenvalue weighted by Gasteiger charge is -2.09. The van der Waals surface area contributed by atoms with E-state index in [-0.39, 0.29) is 18.2 Å². The summed E-state index contributed by atoms with van der Waals surface area (Å²) in [6, 6.07) is 14.7. The Morgan fingerprint density at radius 3 is 2.63 bits per heavy atom. The molecule has 0 unspecified atom stereocenters. The summed E-state index contributed by atoms with van der Waals surface area (Å²) in [5.74, 6) is -0.156. The van der Waals surface area contributed by atoms with Crippen LogP contribution in [0.5, 0.6) is 0 Å². The van der Waals surface area contributed by atoms with E-state index >= 15 is 0 Å². The Morgan fingerprint density at radius 1 is 1.15 bits per heavy atom. The van der Waals surface area contributed by atoms with Crippen LogP contribution in [0.3, 0.4) is 0 Å². The highest BCUT2D eigenvalue weighted by Crippen LogP contribution is 2.26. The molecule has 0 fully saturated rings. The summed E-state index contributed by atoms with van der Waals surface area (Å²) in [6.45, 7) is -0.0850. The summed E-state index contributed by atoms with van der Waals surface area (Å²) in [6.07, 6.45) is 0. The summed E-state index contributed by atoms with van der Waals surface area (Å²) >= 11 is 4.63. The molecule has 1 aromatic heterocycles. The lowest BCUT2D eigenvalue weighted by atomic mass is 10.2. The smallest absolute Gasteiger partial charge is 0.248 e. The van der Waals surface area contributed by atoms with E-state index in [1.54, 1.807) is 12.1 Å². The molecule has 10 heteroatoms. The van der Waals surface area contributed by atoms with Gasteiger partial charge in [-0.1, -0.05) is 28.1 Å². The van der Waals surface area contributed by atoms with E-state index in [2.05, 4.69) is 36.7 Å². The highest BCUT2D eigenvalue weighted by atomic mass is 79.9. The minimum atomic E-state index is -0.423. The van der Waals surface area contributed by atoms with Crippen LogP contribution in [-0.2, 0) is 16.1 Å². The number of hydrogen-bond acceptors (Lipinski definition) is 6. The van der Waals surface area contributed by atoms with E-state index in [4.69, 9.17) is 5.73 Å². The number of carbonyl (C=O) groups excluding carboxylic acids is 2. The number of amides is 2. The normalized spacial score (nSPS) is 10.6. The molecule has 0 spiro atoms. The van der Waals surface area contributed by atoms with Crippen LogP contribution in [-0.4, -0.2) is 37.8 Å². The number of nitrogens with zero attached hydrogens (tertiary/aromatic N) is 4. The van der Waals surface area contributed by atoms with E-state index in [9.17, 15) is 9.59 Å². The quantitative estimate of drug-likeness (QED) is 0.537. The fraction of sp³-hybridized carbons (Fsp3) is 0.118. The fourth-order valence-corrected chi connectivity index (χ4v) is 3.20. The first-order valence-electron chi connectivity index (χ1n) is 7.85. The van der Waals surface area contributed by atoms with Gasteiger partial charge in [0.15, 0.2) is 0 Å². The molecular formula is C17H15BrN6O2S. The Hall–Kier alpha value is -2.72. The number of thioether (sulfide) groups is 1. The molecule has 0 aliphatic heterocycles. The molecular weight excluding hydrogens is 432 g/mol. The maximum absolute atomic E-state index is 12.3. The van der Waals surface area contributed by atoms with Crippen molar-refractivity contribution in [3.8, 4) is 11.4 Å². The van der Waals surface area contributed by atoms with Crippen molar-refractivity contribution in [2.45, 2.75) is 11.4 Å². The van der Waals surface area contributed by atoms with Crippen LogP contribution in [0.15, 0.2) is 57.9 Å². The van der Waals surface area contributed by atoms with E-state index in [0.717, 1.165) is 14.9 Å². The largest absolute Gasteiger partial charge is 0.369 e. The summed E-state index contributed by atoms with van der Waals surface area (Å²) in [4.78, 5) is 25.3. The third-order valence-electron chi connectivity index (χ3n) is 3.37. The summed E-state index contributed by atoms with van der Waals surface area (Å²) in [5, 5.41) is 14.9. The molecule has 0 radical (unpaired) electrons. The molecule has 2 aromatic carbocycles. The first-order chi connectivity index (χ1) is 13.0. The van der Waals surface area contributed by atoms with Crippen molar-refractivity contribution in [1.82, 2.24) is 20.2 Å². The Balaban J connectivity index is 1.65. The monoisotopic (exact) mass is 446 g/mol. The Labute approximate surface area is 167 Å². The first-order valence-corrected chi connectivity index (χ1v) is 9.63. The number of benzene rings is 2. The van der Waals surface area contributed by atoms with Crippen molar-refractivity contribution in [2.75, 3.05) is 11.1 Å². The van der Waals surface area contributed by atoms with Crippen LogP contribution < -0.4 is 11.1 Å². The summed E-state index contributed by atoms with van der Waals surface area (Å²) in [7, 11) is 0. The molecule has 138 valence electrons. The van der Waals surface area contributed by atoms with Gasteiger partial charge in [-0.2, -0.15) is 4.80 Å². The predicted molar refractivity (Wildman–Crippen MR) is 106 cm³/mol. The van der Waals surface area contributed by atoms with Crippen molar-refractivity contribution in [3.63, 3.8) is 0 Å². The molecule has 8 nitrogen and oxygen atoms in total. The number of nitrogens with one attached hydrogen (secondary N) is 1. The van der Waals surface area contributed by atoms with Crippen molar-refractivity contribution in [1.29, 1.82) is 0 Å². The predicted octanol–water partition coefficient (Wildman–Crippen LogP) is 2.32. The van der Waals surface area contributed by atoms with Gasteiger partial charge >= 0.3 is 0 Å². The molecule has 27 heavy (non-hydrogen) atoms. The summed E-state index contributed by atoms with van der Waals surface area (Å²) in [5.41, 5.74) is 6.58. The number of anilines is 1. The zero-order chi connectivity index (χ0) is 19.2. The SMILES string of the molecule is NC(=O)CSc1ccccc1NC(=O)Cn1nnc(-c2ccc(Br)cc2)n1. The molecule has 0 aliphatic rings. The highest BCUT2D eigenvalue weighted by molar-refractivity contribution is 9.10. The number of hydrogen-bond donors (Lipinski definition) is 2. The lowest BCUT2D eigenvalue weighted by molar-refractivity contribution is -0.117. The van der Waals surface area contributed by atoms with Gasteiger partial charge in [-0.3, -0.25) is 9.59 Å². The Kier molecular flexibility index (Phi) is 6.20. The maximum Gasteiger partial charge on any atom is 0.248 e. The molecule has 2 amide bonds. The van der Waals surface area contributed by atoms with Gasteiger partial charge in [0.1, 0.15) is 6.54 Å². The zero-order valence-corrected chi connectivity index (χ0v) is 16.4. The van der Waals surface area contributed by atoms with Gasteiger partial charge in [-0.25, -0.2) is 0 Å². The van der Waals surface area contributed by atoms with Crippen LogP contribution in [0.2, 0.25) is 0 Å². The minimum Gasteiger partial charge on any atom is -0.369 e. The Bertz CT molecular complexity index is 960. The maximum atomic E-state index is 12.3. The number of para-hydroxylation sites is 1. The third kappa shape index (κ3) is 5.38. The van der Waals surface area contributed by atoms with Crippen LogP contribution in [0.4, 0.5) is 5.69 Å². The molecule has 0 bridgehead atoms. The zero-order valence-electron chi connectivity index (χ0n) is 14.0.